The van der Waals surface area contributed by atoms with Crippen molar-refractivity contribution in [3.63, 3.8) is 0 Å². The van der Waals surface area contributed by atoms with Gasteiger partial charge in [-0.15, -0.1) is 13.2 Å². The van der Waals surface area contributed by atoms with E-state index in [0.29, 0.717) is 36.5 Å². The van der Waals surface area contributed by atoms with Crippen LogP contribution in [-0.4, -0.2) is 41.5 Å². The summed E-state index contributed by atoms with van der Waals surface area (Å²) < 4.78 is 47.6. The quantitative estimate of drug-likeness (QED) is 0.466. The number of carboxylic acid groups (broad SMARTS) is 1. The first-order chi connectivity index (χ1) is 17.3. The highest BCUT2D eigenvalue weighted by molar-refractivity contribution is 5.88. The van der Waals surface area contributed by atoms with Crippen molar-refractivity contribution in [2.45, 2.75) is 30.8 Å². The molecule has 1 amide bonds. The number of rotatable bonds is 4. The van der Waals surface area contributed by atoms with E-state index in [9.17, 15) is 18.0 Å². The summed E-state index contributed by atoms with van der Waals surface area (Å²) in [5.41, 5.74) is 1.98. The number of alkyl halides is 3. The second-order valence-corrected chi connectivity index (χ2v) is 8.08. The summed E-state index contributed by atoms with van der Waals surface area (Å²) in [4.78, 5) is 26.2. The van der Waals surface area contributed by atoms with Crippen molar-refractivity contribution in [3.05, 3.63) is 83.7 Å². The van der Waals surface area contributed by atoms with Gasteiger partial charge in [-0.25, -0.2) is 0 Å². The minimum atomic E-state index is -4.79. The van der Waals surface area contributed by atoms with Crippen LogP contribution < -0.4 is 20.1 Å². The Morgan fingerprint density at radius 3 is 2.58 bits per heavy atom. The molecule has 2 aromatic carbocycles. The number of nitrogens with one attached hydrogen (secondary N) is 2. The average Bonchev–Trinajstić information content (AvgIpc) is 3.29. The highest BCUT2D eigenvalue weighted by Gasteiger charge is 2.44. The van der Waals surface area contributed by atoms with Crippen LogP contribution in [0.15, 0.2) is 66.9 Å². The molecule has 0 radical (unpaired) electrons. The zero-order chi connectivity index (χ0) is 25.8. The lowest BCUT2D eigenvalue weighted by molar-refractivity contribution is -0.274. The molecule has 188 valence electrons. The van der Waals surface area contributed by atoms with Crippen LogP contribution in [0.25, 0.3) is 0 Å². The molecule has 3 N–H and O–H groups in total. The van der Waals surface area contributed by atoms with Crippen LogP contribution in [0.2, 0.25) is 0 Å². The van der Waals surface area contributed by atoms with Gasteiger partial charge in [0.2, 0.25) is 5.91 Å². The monoisotopic (exact) mass is 501 g/mol. The van der Waals surface area contributed by atoms with E-state index >= 15 is 0 Å². The molecule has 2 atom stereocenters. The number of hydrogen-bond donors (Lipinski definition) is 3. The number of amides is 1. The lowest BCUT2D eigenvalue weighted by atomic mass is 9.81. The zero-order valence-corrected chi connectivity index (χ0v) is 18.8. The third-order valence-corrected chi connectivity index (χ3v) is 5.91. The molecule has 8 nitrogen and oxygen atoms in total. The predicted molar refractivity (Wildman–Crippen MR) is 123 cm³/mol. The number of pyridine rings is 1. The molecule has 2 aliphatic rings. The first-order valence-corrected chi connectivity index (χ1v) is 10.9. The molecule has 5 rings (SSSR count). The van der Waals surface area contributed by atoms with E-state index in [-0.39, 0.29) is 18.1 Å². The SMILES string of the molecule is O=C(NC1(c2ccc(OC(F)(F)F)cc2)CCOc2cccnc21)C1Cc2ccccc2N1.O=CO. The van der Waals surface area contributed by atoms with Crippen molar-refractivity contribution in [3.8, 4) is 11.5 Å². The van der Waals surface area contributed by atoms with Gasteiger partial charge < -0.3 is 25.2 Å². The number of para-hydroxylation sites is 1. The summed E-state index contributed by atoms with van der Waals surface area (Å²) in [6, 6.07) is 16.2. The van der Waals surface area contributed by atoms with Crippen LogP contribution in [0.1, 0.15) is 23.2 Å². The normalized spacial score (nSPS) is 19.8. The molecular weight excluding hydrogens is 479 g/mol. The molecule has 11 heteroatoms. The molecule has 0 saturated heterocycles. The van der Waals surface area contributed by atoms with E-state index in [1.807, 2.05) is 24.3 Å². The Labute approximate surface area is 204 Å². The predicted octanol–water partition coefficient (Wildman–Crippen LogP) is 3.86. The summed E-state index contributed by atoms with van der Waals surface area (Å²) >= 11 is 0. The minimum absolute atomic E-state index is 0.236. The smallest absolute Gasteiger partial charge is 0.491 e. The van der Waals surface area contributed by atoms with Crippen molar-refractivity contribution in [1.82, 2.24) is 10.3 Å². The van der Waals surface area contributed by atoms with Gasteiger partial charge in [-0.05, 0) is 41.5 Å². The number of fused-ring (bicyclic) bond motifs is 2. The maximum absolute atomic E-state index is 13.4. The van der Waals surface area contributed by atoms with Gasteiger partial charge in [-0.1, -0.05) is 30.3 Å². The third kappa shape index (κ3) is 5.19. The first-order valence-electron chi connectivity index (χ1n) is 10.9. The molecule has 0 saturated carbocycles. The fourth-order valence-electron chi connectivity index (χ4n) is 4.43. The highest BCUT2D eigenvalue weighted by Crippen LogP contribution is 2.41. The molecule has 0 bridgehead atoms. The molecule has 0 fully saturated rings. The lowest BCUT2D eigenvalue weighted by Crippen LogP contribution is -2.54. The molecule has 2 aliphatic heterocycles. The number of carbonyl (C=O) groups excluding carboxylic acids is 1. The molecule has 3 aromatic rings. The van der Waals surface area contributed by atoms with E-state index in [1.54, 1.807) is 18.3 Å². The lowest BCUT2D eigenvalue weighted by Gasteiger charge is -2.39. The van der Waals surface area contributed by atoms with Crippen LogP contribution in [0.3, 0.4) is 0 Å². The summed E-state index contributed by atoms with van der Waals surface area (Å²) in [7, 11) is 0. The Balaban J connectivity index is 0.000000967. The Hall–Kier alpha value is -4.28. The third-order valence-electron chi connectivity index (χ3n) is 5.91. The van der Waals surface area contributed by atoms with Gasteiger partial charge in [0.15, 0.2) is 0 Å². The number of anilines is 1. The van der Waals surface area contributed by atoms with Crippen molar-refractivity contribution in [2.24, 2.45) is 0 Å². The van der Waals surface area contributed by atoms with Crippen LogP contribution in [0.5, 0.6) is 11.5 Å². The summed E-state index contributed by atoms with van der Waals surface area (Å²) in [5, 5.41) is 13.3. The van der Waals surface area contributed by atoms with Gasteiger partial charge in [0, 0.05) is 24.7 Å². The number of hydrogen-bond acceptors (Lipinski definition) is 6. The maximum atomic E-state index is 13.4. The molecule has 3 heterocycles. The summed E-state index contributed by atoms with van der Waals surface area (Å²) in [6.07, 6.45) is -2.30. The molecule has 1 aromatic heterocycles. The van der Waals surface area contributed by atoms with E-state index in [0.717, 1.165) is 11.3 Å². The fourth-order valence-corrected chi connectivity index (χ4v) is 4.43. The summed E-state index contributed by atoms with van der Waals surface area (Å²) in [5.74, 6) is -0.0587. The van der Waals surface area contributed by atoms with Crippen molar-refractivity contribution < 1.29 is 37.3 Å². The first kappa shape index (κ1) is 24.8. The van der Waals surface area contributed by atoms with Crippen molar-refractivity contribution in [2.75, 3.05) is 11.9 Å². The van der Waals surface area contributed by atoms with E-state index in [4.69, 9.17) is 14.6 Å². The van der Waals surface area contributed by atoms with Crippen LogP contribution >= 0.6 is 0 Å². The summed E-state index contributed by atoms with van der Waals surface area (Å²) in [6.45, 7) is 0.0537. The van der Waals surface area contributed by atoms with Crippen molar-refractivity contribution in [1.29, 1.82) is 0 Å². The van der Waals surface area contributed by atoms with Crippen LogP contribution in [-0.2, 0) is 21.5 Å². The second-order valence-electron chi connectivity index (χ2n) is 8.08. The van der Waals surface area contributed by atoms with Crippen LogP contribution in [0.4, 0.5) is 18.9 Å². The van der Waals surface area contributed by atoms with Crippen molar-refractivity contribution >= 4 is 18.1 Å². The maximum Gasteiger partial charge on any atom is 0.573 e. The van der Waals surface area contributed by atoms with Gasteiger partial charge in [0.05, 0.1) is 6.61 Å². The number of halogens is 3. The Morgan fingerprint density at radius 2 is 1.89 bits per heavy atom. The Kier molecular flexibility index (Phi) is 7.00. The molecule has 0 aliphatic carbocycles. The highest BCUT2D eigenvalue weighted by atomic mass is 19.4. The zero-order valence-electron chi connectivity index (χ0n) is 18.8. The largest absolute Gasteiger partial charge is 0.573 e. The molecule has 2 unspecified atom stereocenters. The topological polar surface area (TPSA) is 110 Å². The fraction of sp³-hybridized carbons (Fsp3) is 0.240. The second kappa shape index (κ2) is 10.1. The van der Waals surface area contributed by atoms with E-state index in [1.165, 1.54) is 24.3 Å². The van der Waals surface area contributed by atoms with Gasteiger partial charge in [-0.3, -0.25) is 14.6 Å². The molecular formula is C25H22F3N3O5. The number of benzene rings is 2. The standard InChI is InChI=1S/C24H20F3N3O3.CH2O2/c25-24(26,27)33-17-9-7-16(8-10-17)23(11-13-32-20-6-3-12-28-21(20)23)30-22(31)19-14-15-4-1-2-5-18(15)29-19;2-1-3/h1-10,12,19,29H,11,13-14H2,(H,30,31);1H,(H,2,3). The Morgan fingerprint density at radius 1 is 1.17 bits per heavy atom. The van der Waals surface area contributed by atoms with Crippen LogP contribution in [0, 0.1) is 0 Å². The van der Waals surface area contributed by atoms with Gasteiger partial charge in [0.25, 0.3) is 6.47 Å². The van der Waals surface area contributed by atoms with Gasteiger partial charge in [0.1, 0.15) is 28.8 Å². The average molecular weight is 501 g/mol. The molecule has 36 heavy (non-hydrogen) atoms. The van der Waals surface area contributed by atoms with E-state index < -0.39 is 17.9 Å². The number of aromatic nitrogens is 1. The number of carbonyl (C=O) groups is 2. The number of ether oxygens (including phenoxy) is 2. The van der Waals surface area contributed by atoms with E-state index in [2.05, 4.69) is 20.4 Å². The van der Waals surface area contributed by atoms with Gasteiger partial charge >= 0.3 is 6.36 Å². The number of nitrogens with zero attached hydrogens (tertiary/aromatic N) is 1. The van der Waals surface area contributed by atoms with Gasteiger partial charge in [-0.2, -0.15) is 0 Å². The minimum Gasteiger partial charge on any atom is -0.491 e. The molecule has 0 spiro atoms. The Bertz CT molecular complexity index is 1210.